The SMILES string of the molecule is CC(C)CC(C(=O)O)c1cc(CNC2=CCN(C)C=C2)cc(-c2ccc(C(F)(F)F)cc2)c1. The van der Waals surface area contributed by atoms with Gasteiger partial charge in [0, 0.05) is 32.0 Å². The van der Waals surface area contributed by atoms with Crippen molar-refractivity contribution in [2.45, 2.75) is 38.9 Å². The number of alkyl halides is 3. The molecular formula is C26H29F3N2O2. The van der Waals surface area contributed by atoms with Gasteiger partial charge in [-0.3, -0.25) is 4.79 Å². The van der Waals surface area contributed by atoms with Crippen LogP contribution in [0.2, 0.25) is 0 Å². The summed E-state index contributed by atoms with van der Waals surface area (Å²) >= 11 is 0. The maximum absolute atomic E-state index is 13.0. The van der Waals surface area contributed by atoms with E-state index in [4.69, 9.17) is 0 Å². The number of hydrogen-bond donors (Lipinski definition) is 2. The van der Waals surface area contributed by atoms with Crippen LogP contribution in [-0.2, 0) is 17.5 Å². The van der Waals surface area contributed by atoms with Crippen LogP contribution < -0.4 is 5.32 Å². The molecule has 33 heavy (non-hydrogen) atoms. The molecule has 1 unspecified atom stereocenters. The first kappa shape index (κ1) is 24.4. The number of likely N-dealkylation sites (N-methyl/N-ethyl adjacent to an activating group) is 1. The Balaban J connectivity index is 1.96. The van der Waals surface area contributed by atoms with Crippen LogP contribution in [0.1, 0.15) is 42.9 Å². The largest absolute Gasteiger partial charge is 0.481 e. The second-order valence-electron chi connectivity index (χ2n) is 8.83. The molecule has 2 aromatic rings. The lowest BCUT2D eigenvalue weighted by Crippen LogP contribution is -2.20. The summed E-state index contributed by atoms with van der Waals surface area (Å²) in [6.07, 6.45) is 2.05. The first-order valence-electron chi connectivity index (χ1n) is 10.9. The van der Waals surface area contributed by atoms with Gasteiger partial charge in [0.15, 0.2) is 0 Å². The number of carboxylic acids is 1. The highest BCUT2D eigenvalue weighted by Gasteiger charge is 2.30. The summed E-state index contributed by atoms with van der Waals surface area (Å²) in [5.74, 6) is -1.43. The van der Waals surface area contributed by atoms with Gasteiger partial charge in [-0.2, -0.15) is 13.2 Å². The molecule has 176 valence electrons. The highest BCUT2D eigenvalue weighted by molar-refractivity contribution is 5.77. The molecule has 1 heterocycles. The van der Waals surface area contributed by atoms with Crippen molar-refractivity contribution >= 4 is 5.97 Å². The van der Waals surface area contributed by atoms with Gasteiger partial charge in [0.1, 0.15) is 0 Å². The standard InChI is InChI=1S/C26H29F3N2O2/c1-17(2)12-24(25(32)33)21-14-18(16-30-23-8-10-31(3)11-9-23)13-20(15-21)19-4-6-22(7-5-19)26(27,28)29/h4-10,13-15,17,24,30H,11-12,16H2,1-3H3,(H,32,33). The Morgan fingerprint density at radius 1 is 1.12 bits per heavy atom. The zero-order valence-electron chi connectivity index (χ0n) is 19.0. The molecule has 1 aliphatic rings. The minimum Gasteiger partial charge on any atom is -0.481 e. The molecule has 0 aliphatic carbocycles. The molecule has 0 amide bonds. The van der Waals surface area contributed by atoms with Crippen LogP contribution in [0.25, 0.3) is 11.1 Å². The predicted molar refractivity (Wildman–Crippen MR) is 123 cm³/mol. The molecule has 0 radical (unpaired) electrons. The fourth-order valence-corrected chi connectivity index (χ4v) is 3.80. The number of aliphatic carboxylic acids is 1. The molecule has 2 aromatic carbocycles. The number of halogens is 3. The zero-order valence-corrected chi connectivity index (χ0v) is 19.0. The number of hydrogen-bond acceptors (Lipinski definition) is 3. The third-order valence-corrected chi connectivity index (χ3v) is 5.57. The molecule has 1 aliphatic heterocycles. The second kappa shape index (κ2) is 10.1. The van der Waals surface area contributed by atoms with Crippen molar-refractivity contribution in [1.82, 2.24) is 10.2 Å². The molecule has 2 N–H and O–H groups in total. The van der Waals surface area contributed by atoms with Crippen molar-refractivity contribution in [2.24, 2.45) is 5.92 Å². The molecule has 0 bridgehead atoms. The lowest BCUT2D eigenvalue weighted by atomic mass is 9.87. The van der Waals surface area contributed by atoms with Gasteiger partial charge in [-0.05, 0) is 64.9 Å². The number of allylic oxidation sites excluding steroid dienone is 1. The van der Waals surface area contributed by atoms with E-state index in [0.717, 1.165) is 29.9 Å². The third-order valence-electron chi connectivity index (χ3n) is 5.57. The minimum absolute atomic E-state index is 0.178. The fourth-order valence-electron chi connectivity index (χ4n) is 3.80. The highest BCUT2D eigenvalue weighted by atomic mass is 19.4. The summed E-state index contributed by atoms with van der Waals surface area (Å²) < 4.78 is 38.9. The molecule has 0 saturated heterocycles. The molecule has 4 nitrogen and oxygen atoms in total. The molecule has 0 saturated carbocycles. The Bertz CT molecular complexity index is 1040. The van der Waals surface area contributed by atoms with E-state index in [0.29, 0.717) is 29.7 Å². The van der Waals surface area contributed by atoms with Crippen molar-refractivity contribution in [3.05, 3.63) is 83.2 Å². The van der Waals surface area contributed by atoms with Crippen LogP contribution in [-0.4, -0.2) is 29.6 Å². The van der Waals surface area contributed by atoms with Crippen LogP contribution in [0.5, 0.6) is 0 Å². The summed E-state index contributed by atoms with van der Waals surface area (Å²) in [7, 11) is 1.98. The number of nitrogens with zero attached hydrogens (tertiary/aromatic N) is 1. The number of nitrogens with one attached hydrogen (secondary N) is 1. The maximum atomic E-state index is 13.0. The summed E-state index contributed by atoms with van der Waals surface area (Å²) in [6, 6.07) is 10.5. The third kappa shape index (κ3) is 6.63. The van der Waals surface area contributed by atoms with Crippen molar-refractivity contribution in [2.75, 3.05) is 13.6 Å². The Labute approximate surface area is 192 Å². The second-order valence-corrected chi connectivity index (χ2v) is 8.83. The average Bonchev–Trinajstić information content (AvgIpc) is 2.76. The summed E-state index contributed by atoms with van der Waals surface area (Å²) in [5, 5.41) is 13.2. The van der Waals surface area contributed by atoms with Crippen molar-refractivity contribution < 1.29 is 23.1 Å². The Hall–Kier alpha value is -3.22. The van der Waals surface area contributed by atoms with Gasteiger partial charge >= 0.3 is 12.1 Å². The Morgan fingerprint density at radius 3 is 2.36 bits per heavy atom. The number of carbonyl (C=O) groups is 1. The van der Waals surface area contributed by atoms with Gasteiger partial charge in [-0.1, -0.05) is 38.1 Å². The molecule has 7 heteroatoms. The van der Waals surface area contributed by atoms with Crippen LogP contribution in [0.15, 0.2) is 66.5 Å². The van der Waals surface area contributed by atoms with Gasteiger partial charge in [0.25, 0.3) is 0 Å². The van der Waals surface area contributed by atoms with Crippen LogP contribution >= 0.6 is 0 Å². The molecule has 0 spiro atoms. The van der Waals surface area contributed by atoms with E-state index in [2.05, 4.69) is 11.4 Å². The van der Waals surface area contributed by atoms with E-state index in [1.165, 1.54) is 12.1 Å². The number of carboxylic acid groups (broad SMARTS) is 1. The lowest BCUT2D eigenvalue weighted by Gasteiger charge is -2.20. The van der Waals surface area contributed by atoms with Crippen LogP contribution in [0.4, 0.5) is 13.2 Å². The summed E-state index contributed by atoms with van der Waals surface area (Å²) in [5.41, 5.74) is 3.07. The van der Waals surface area contributed by atoms with Crippen molar-refractivity contribution in [1.29, 1.82) is 0 Å². The van der Waals surface area contributed by atoms with E-state index >= 15 is 0 Å². The smallest absolute Gasteiger partial charge is 0.416 e. The lowest BCUT2D eigenvalue weighted by molar-refractivity contribution is -0.139. The fraction of sp³-hybridized carbons (Fsp3) is 0.346. The monoisotopic (exact) mass is 458 g/mol. The van der Waals surface area contributed by atoms with Gasteiger partial charge < -0.3 is 15.3 Å². The molecule has 3 rings (SSSR count). The minimum atomic E-state index is -4.41. The number of rotatable bonds is 8. The van der Waals surface area contributed by atoms with Gasteiger partial charge in [0.05, 0.1) is 11.5 Å². The number of benzene rings is 2. The van der Waals surface area contributed by atoms with E-state index in [-0.39, 0.29) is 5.92 Å². The van der Waals surface area contributed by atoms with Gasteiger partial charge in [-0.25, -0.2) is 0 Å². The summed E-state index contributed by atoms with van der Waals surface area (Å²) in [4.78, 5) is 14.1. The molecular weight excluding hydrogens is 429 g/mol. The quantitative estimate of drug-likeness (QED) is 0.508. The van der Waals surface area contributed by atoms with Gasteiger partial charge in [-0.15, -0.1) is 0 Å². The summed E-state index contributed by atoms with van der Waals surface area (Å²) in [6.45, 7) is 5.19. The Morgan fingerprint density at radius 2 is 1.82 bits per heavy atom. The first-order chi connectivity index (χ1) is 15.5. The normalized spacial score (nSPS) is 14.9. The van der Waals surface area contributed by atoms with Crippen molar-refractivity contribution in [3.8, 4) is 11.1 Å². The topological polar surface area (TPSA) is 52.6 Å². The average molecular weight is 459 g/mol. The van der Waals surface area contributed by atoms with Crippen LogP contribution in [0, 0.1) is 5.92 Å². The zero-order chi connectivity index (χ0) is 24.2. The molecule has 0 aromatic heterocycles. The van der Waals surface area contributed by atoms with Crippen LogP contribution in [0.3, 0.4) is 0 Å². The van der Waals surface area contributed by atoms with E-state index in [1.54, 1.807) is 6.07 Å². The van der Waals surface area contributed by atoms with E-state index in [9.17, 15) is 23.1 Å². The molecule has 1 atom stereocenters. The van der Waals surface area contributed by atoms with Gasteiger partial charge in [0.2, 0.25) is 0 Å². The Kier molecular flexibility index (Phi) is 7.51. The maximum Gasteiger partial charge on any atom is 0.416 e. The highest BCUT2D eigenvalue weighted by Crippen LogP contribution is 2.33. The van der Waals surface area contributed by atoms with E-state index < -0.39 is 23.6 Å². The van der Waals surface area contributed by atoms with Crippen molar-refractivity contribution in [3.63, 3.8) is 0 Å². The predicted octanol–water partition coefficient (Wildman–Crippen LogP) is 6.02. The first-order valence-corrected chi connectivity index (χ1v) is 10.9. The van der Waals surface area contributed by atoms with E-state index in [1.807, 2.05) is 50.2 Å². The molecule has 0 fully saturated rings.